The van der Waals surface area contributed by atoms with Crippen LogP contribution in [0.15, 0.2) is 0 Å². The number of aldehydes is 1. The molecule has 0 spiro atoms. The molecule has 0 aromatic carbocycles. The molecule has 1 heterocycles. The molecule has 2 amide bonds. The molecule has 21 heavy (non-hydrogen) atoms. The zero-order valence-corrected chi connectivity index (χ0v) is 14.2. The Morgan fingerprint density at radius 1 is 1.05 bits per heavy atom. The predicted octanol–water partition coefficient (Wildman–Crippen LogP) is 3.44. The van der Waals surface area contributed by atoms with E-state index in [1.165, 1.54) is 4.90 Å². The first kappa shape index (κ1) is 19.8. The molecule has 2 fully saturated rings. The maximum absolute atomic E-state index is 11.8. The molecule has 1 aliphatic carbocycles. The average Bonchev–Trinajstić information content (AvgIpc) is 2.78. The number of carbonyl (C=O) groups excluding carboxylic acids is 3. The number of hydrogen-bond acceptors (Lipinski definition) is 3. The van der Waals surface area contributed by atoms with Crippen LogP contribution in [0.1, 0.15) is 66.7 Å². The topological polar surface area (TPSA) is 54.5 Å². The van der Waals surface area contributed by atoms with E-state index in [9.17, 15) is 14.4 Å². The lowest BCUT2D eigenvalue weighted by atomic mass is 9.82. The lowest BCUT2D eigenvalue weighted by molar-refractivity contribution is -0.140. The van der Waals surface area contributed by atoms with Gasteiger partial charge in [-0.25, -0.2) is 0 Å². The summed E-state index contributed by atoms with van der Waals surface area (Å²) in [6, 6.07) is 0. The zero-order valence-electron chi connectivity index (χ0n) is 14.2. The Bertz CT molecular complexity index is 333. The minimum atomic E-state index is -0.145. The van der Waals surface area contributed by atoms with Gasteiger partial charge in [-0.1, -0.05) is 34.6 Å². The molecule has 4 heteroatoms. The maximum Gasteiger partial charge on any atom is 0.232 e. The molecule has 1 unspecified atom stereocenters. The average molecular weight is 297 g/mol. The monoisotopic (exact) mass is 297 g/mol. The van der Waals surface area contributed by atoms with Crippen molar-refractivity contribution in [3.8, 4) is 0 Å². The molecule has 4 nitrogen and oxygen atoms in total. The van der Waals surface area contributed by atoms with Crippen LogP contribution in [0, 0.1) is 17.8 Å². The first-order chi connectivity index (χ1) is 10.1. The van der Waals surface area contributed by atoms with Gasteiger partial charge in [0.1, 0.15) is 6.29 Å². The molecule has 0 N–H and O–H groups in total. The van der Waals surface area contributed by atoms with Crippen LogP contribution in [0.2, 0.25) is 0 Å². The fourth-order valence-corrected chi connectivity index (χ4v) is 2.81. The van der Waals surface area contributed by atoms with Crippen LogP contribution in [0.5, 0.6) is 0 Å². The molecular formula is C17H31NO3. The summed E-state index contributed by atoms with van der Waals surface area (Å²) in [4.78, 5) is 35.5. The van der Waals surface area contributed by atoms with Crippen molar-refractivity contribution >= 4 is 18.1 Å². The van der Waals surface area contributed by atoms with E-state index in [0.717, 1.165) is 32.0 Å². The zero-order chi connectivity index (χ0) is 16.4. The van der Waals surface area contributed by atoms with Crippen molar-refractivity contribution in [2.24, 2.45) is 17.8 Å². The molecule has 1 saturated carbocycles. The van der Waals surface area contributed by atoms with Gasteiger partial charge in [-0.2, -0.15) is 0 Å². The Morgan fingerprint density at radius 3 is 1.95 bits per heavy atom. The molecule has 1 atom stereocenters. The van der Waals surface area contributed by atoms with Crippen molar-refractivity contribution in [3.05, 3.63) is 0 Å². The van der Waals surface area contributed by atoms with Crippen molar-refractivity contribution in [1.82, 2.24) is 4.90 Å². The number of carbonyl (C=O) groups is 3. The van der Waals surface area contributed by atoms with Gasteiger partial charge >= 0.3 is 0 Å². The van der Waals surface area contributed by atoms with E-state index in [2.05, 4.69) is 0 Å². The van der Waals surface area contributed by atoms with Crippen LogP contribution >= 0.6 is 0 Å². The highest BCUT2D eigenvalue weighted by Gasteiger charge is 2.37. The van der Waals surface area contributed by atoms with Crippen LogP contribution in [0.25, 0.3) is 0 Å². The summed E-state index contributed by atoms with van der Waals surface area (Å²) in [5.41, 5.74) is 0. The minimum absolute atomic E-state index is 0.0208. The number of nitrogens with zero attached hydrogens (tertiary/aromatic N) is 1. The first-order valence-electron chi connectivity index (χ1n) is 8.41. The third kappa shape index (κ3) is 5.60. The van der Waals surface area contributed by atoms with Crippen molar-refractivity contribution in [3.63, 3.8) is 0 Å². The summed E-state index contributed by atoms with van der Waals surface area (Å²) < 4.78 is 0. The third-order valence-corrected chi connectivity index (χ3v) is 3.99. The summed E-state index contributed by atoms with van der Waals surface area (Å²) in [6.45, 7) is 10.4. The van der Waals surface area contributed by atoms with Crippen LogP contribution in [0.4, 0.5) is 0 Å². The van der Waals surface area contributed by atoms with Crippen molar-refractivity contribution < 1.29 is 14.4 Å². The van der Waals surface area contributed by atoms with Crippen LogP contribution in [-0.2, 0) is 14.4 Å². The van der Waals surface area contributed by atoms with E-state index in [0.29, 0.717) is 18.9 Å². The van der Waals surface area contributed by atoms with E-state index in [1.807, 2.05) is 34.6 Å². The summed E-state index contributed by atoms with van der Waals surface area (Å²) in [6.07, 6.45) is 5.11. The fraction of sp³-hybridized carbons (Fsp3) is 0.824. The fourth-order valence-electron chi connectivity index (χ4n) is 2.81. The molecular weight excluding hydrogens is 266 g/mol. The van der Waals surface area contributed by atoms with Crippen LogP contribution < -0.4 is 0 Å². The molecule has 122 valence electrons. The number of rotatable bonds is 3. The number of amides is 2. The van der Waals surface area contributed by atoms with Crippen LogP contribution in [-0.4, -0.2) is 29.5 Å². The van der Waals surface area contributed by atoms with Crippen molar-refractivity contribution in [2.45, 2.75) is 66.7 Å². The highest BCUT2D eigenvalue weighted by Crippen LogP contribution is 2.30. The van der Waals surface area contributed by atoms with E-state index in [-0.39, 0.29) is 23.7 Å². The second-order valence-electron chi connectivity index (χ2n) is 5.36. The summed E-state index contributed by atoms with van der Waals surface area (Å²) in [5.74, 6) is 0.390. The molecule has 1 aliphatic heterocycles. The minimum Gasteiger partial charge on any atom is -0.303 e. The van der Waals surface area contributed by atoms with E-state index in [4.69, 9.17) is 0 Å². The Labute approximate surface area is 129 Å². The van der Waals surface area contributed by atoms with Crippen molar-refractivity contribution in [1.29, 1.82) is 0 Å². The summed E-state index contributed by atoms with van der Waals surface area (Å²) in [7, 11) is 0. The SMILES string of the molecule is CC.CC.CC1CC(=O)N(CC2CCC(C=O)CC2)C1=O. The molecule has 0 aromatic rings. The second kappa shape index (κ2) is 10.5. The Morgan fingerprint density at radius 2 is 1.57 bits per heavy atom. The van der Waals surface area contributed by atoms with Gasteiger partial charge in [-0.3, -0.25) is 14.5 Å². The highest BCUT2D eigenvalue weighted by atomic mass is 16.2. The summed E-state index contributed by atoms with van der Waals surface area (Å²) in [5, 5.41) is 0. The van der Waals surface area contributed by atoms with E-state index >= 15 is 0 Å². The van der Waals surface area contributed by atoms with Crippen molar-refractivity contribution in [2.75, 3.05) is 6.54 Å². The molecule has 2 rings (SSSR count). The Balaban J connectivity index is 0.000000921. The Hall–Kier alpha value is -1.19. The number of likely N-dealkylation sites (tertiary alicyclic amines) is 1. The maximum atomic E-state index is 11.8. The quantitative estimate of drug-likeness (QED) is 0.592. The third-order valence-electron chi connectivity index (χ3n) is 3.99. The first-order valence-corrected chi connectivity index (χ1v) is 8.41. The van der Waals surface area contributed by atoms with Gasteiger partial charge in [-0.05, 0) is 31.6 Å². The second-order valence-corrected chi connectivity index (χ2v) is 5.36. The molecule has 0 radical (unpaired) electrons. The van der Waals surface area contributed by atoms with Gasteiger partial charge in [-0.15, -0.1) is 0 Å². The Kier molecular flexibility index (Phi) is 9.93. The van der Waals surface area contributed by atoms with Gasteiger partial charge in [0, 0.05) is 24.8 Å². The number of imide groups is 1. The molecule has 1 saturated heterocycles. The van der Waals surface area contributed by atoms with E-state index in [1.54, 1.807) is 0 Å². The normalized spacial score (nSPS) is 28.2. The van der Waals surface area contributed by atoms with Gasteiger partial charge in [0.05, 0.1) is 0 Å². The molecule has 0 aromatic heterocycles. The largest absolute Gasteiger partial charge is 0.303 e. The predicted molar refractivity (Wildman–Crippen MR) is 84.7 cm³/mol. The van der Waals surface area contributed by atoms with Gasteiger partial charge < -0.3 is 4.79 Å². The number of hydrogen-bond donors (Lipinski definition) is 0. The van der Waals surface area contributed by atoms with Gasteiger partial charge in [0.15, 0.2) is 0 Å². The summed E-state index contributed by atoms with van der Waals surface area (Å²) >= 11 is 0. The smallest absolute Gasteiger partial charge is 0.232 e. The standard InChI is InChI=1S/C13H19NO3.2C2H6/c1-9-6-12(16)14(13(9)17)7-10-2-4-11(8-15)5-3-10;2*1-2/h8-11H,2-7H2,1H3;2*1-2H3. The van der Waals surface area contributed by atoms with Gasteiger partial charge in [0.25, 0.3) is 0 Å². The lowest BCUT2D eigenvalue weighted by Gasteiger charge is -2.28. The lowest BCUT2D eigenvalue weighted by Crippen LogP contribution is -2.36. The highest BCUT2D eigenvalue weighted by molar-refractivity contribution is 6.03. The van der Waals surface area contributed by atoms with Gasteiger partial charge in [0.2, 0.25) is 11.8 Å². The molecule has 2 aliphatic rings. The van der Waals surface area contributed by atoms with Crippen LogP contribution in [0.3, 0.4) is 0 Å². The molecule has 0 bridgehead atoms. The van der Waals surface area contributed by atoms with E-state index < -0.39 is 0 Å².